The van der Waals surface area contributed by atoms with Crippen LogP contribution in [0.25, 0.3) is 286 Å². The lowest BCUT2D eigenvalue weighted by Gasteiger charge is -2.15. The van der Waals surface area contributed by atoms with Crippen LogP contribution in [0.2, 0.25) is 0 Å². The first-order valence-electron chi connectivity index (χ1n) is 51.7. The highest BCUT2D eigenvalue weighted by Gasteiger charge is 2.24. The van der Waals surface area contributed by atoms with Crippen molar-refractivity contribution in [3.63, 3.8) is 0 Å². The van der Waals surface area contributed by atoms with Crippen LogP contribution in [-0.4, -0.2) is 27.4 Å². The molecule has 22 aromatic carbocycles. The van der Waals surface area contributed by atoms with E-state index in [2.05, 4.69) is 528 Å². The van der Waals surface area contributed by atoms with Crippen molar-refractivity contribution >= 4 is 175 Å². The second kappa shape index (κ2) is 35.7. The van der Waals surface area contributed by atoms with Crippen molar-refractivity contribution in [2.45, 2.75) is 53.9 Å². The first kappa shape index (κ1) is 87.1. The smallest absolute Gasteiger partial charge is 0.135 e. The summed E-state index contributed by atoms with van der Waals surface area (Å²) in [6.45, 7) is 12.7. The molecule has 30 aromatic rings. The Kier molecular flexibility index (Phi) is 21.0. The van der Waals surface area contributed by atoms with E-state index in [1.165, 1.54) is 225 Å². The normalized spacial score (nSPS) is 11.9. The second-order valence-corrected chi connectivity index (χ2v) is 39.2. The van der Waals surface area contributed by atoms with Gasteiger partial charge < -0.3 is 36.2 Å². The molecule has 0 atom stereocenters. The highest BCUT2D eigenvalue weighted by Crippen LogP contribution is 2.48. The molecular weight excluding hydrogens is 1800 g/mol. The lowest BCUT2D eigenvalue weighted by molar-refractivity contribution is 0.668. The maximum Gasteiger partial charge on any atom is 0.135 e. The number of hydrogen-bond donors (Lipinski definition) is 0. The van der Waals surface area contributed by atoms with Crippen LogP contribution in [0.15, 0.2) is 494 Å². The van der Waals surface area contributed by atoms with Gasteiger partial charge in [0.15, 0.2) is 0 Å². The lowest BCUT2D eigenvalue weighted by atomic mass is 9.89. The molecule has 0 radical (unpaired) electrons. The van der Waals surface area contributed by atoms with Crippen molar-refractivity contribution in [2.24, 2.45) is 0 Å². The fourth-order valence-electron chi connectivity index (χ4n) is 24.1. The number of fused-ring (bicyclic) bond motifs is 24. The van der Waals surface area contributed by atoms with Crippen molar-refractivity contribution in [3.05, 3.63) is 485 Å². The number of rotatable bonds is 15. The topological polar surface area (TPSA) is 55.9 Å². The van der Waals surface area contributed by atoms with Crippen LogP contribution in [0.4, 0.5) is 0 Å². The summed E-state index contributed by atoms with van der Waals surface area (Å²) >= 11 is 0. The molecule has 702 valence electrons. The van der Waals surface area contributed by atoms with Crippen LogP contribution in [0, 0.1) is 0 Å². The van der Waals surface area contributed by atoms with Gasteiger partial charge in [-0.05, 0) is 340 Å². The predicted octanol–water partition coefficient (Wildman–Crippen LogP) is 38.6. The average molecular weight is 1900 g/mol. The van der Waals surface area contributed by atoms with Crippen LogP contribution in [-0.2, 0) is 26.2 Å². The Morgan fingerprint density at radius 3 is 0.635 bits per heavy atom. The highest BCUT2D eigenvalue weighted by atomic mass is 16.3. The van der Waals surface area contributed by atoms with Gasteiger partial charge in [0.1, 0.15) is 22.3 Å². The summed E-state index contributed by atoms with van der Waals surface area (Å²) in [5.74, 6) is 0. The maximum absolute atomic E-state index is 6.40. The molecular formula is C140H100N6O2. The Morgan fingerprint density at radius 2 is 0.318 bits per heavy atom. The van der Waals surface area contributed by atoms with Gasteiger partial charge in [-0.2, -0.15) is 0 Å². The Bertz CT molecular complexity index is 10200. The van der Waals surface area contributed by atoms with Gasteiger partial charge >= 0.3 is 0 Å². The second-order valence-electron chi connectivity index (χ2n) is 39.2. The monoisotopic (exact) mass is 1900 g/mol. The predicted molar refractivity (Wildman–Crippen MR) is 626 cm³/mol. The van der Waals surface area contributed by atoms with Crippen LogP contribution >= 0.6 is 0 Å². The van der Waals surface area contributed by atoms with Crippen LogP contribution in [0.1, 0.15) is 27.7 Å². The van der Waals surface area contributed by atoms with E-state index in [9.17, 15) is 0 Å². The molecule has 0 amide bonds. The highest BCUT2D eigenvalue weighted by molar-refractivity contribution is 6.18. The first-order chi connectivity index (χ1) is 73.2. The largest absolute Gasteiger partial charge is 0.456 e. The Morgan fingerprint density at radius 1 is 0.128 bits per heavy atom. The van der Waals surface area contributed by atoms with Crippen LogP contribution in [0.3, 0.4) is 0 Å². The number of aromatic nitrogens is 6. The molecule has 8 aromatic heterocycles. The number of nitrogens with zero attached hydrogens (tertiary/aromatic N) is 6. The van der Waals surface area contributed by atoms with Gasteiger partial charge in [-0.3, -0.25) is 0 Å². The third-order valence-electron chi connectivity index (χ3n) is 31.1. The molecule has 30 rings (SSSR count). The molecule has 8 heteroatoms. The van der Waals surface area contributed by atoms with E-state index in [4.69, 9.17) is 8.83 Å². The number of hydrogen-bond acceptors (Lipinski definition) is 2. The van der Waals surface area contributed by atoms with Crippen molar-refractivity contribution in [1.29, 1.82) is 0 Å². The summed E-state index contributed by atoms with van der Waals surface area (Å²) in [6, 6.07) is 177. The van der Waals surface area contributed by atoms with E-state index in [1.807, 2.05) is 12.1 Å². The maximum atomic E-state index is 6.40. The Hall–Kier alpha value is -18.8. The summed E-state index contributed by atoms with van der Waals surface area (Å²) in [6.07, 6.45) is 0. The Balaban J connectivity index is 0.000000108. The van der Waals surface area contributed by atoms with Gasteiger partial charge in [-0.25, -0.2) is 0 Å². The fourth-order valence-corrected chi connectivity index (χ4v) is 24.1. The number of aryl methyl sites for hydroxylation is 4. The standard InChI is InChI=1S/C52H40N2.C48H28N2O2.C40H32N2/c1-3-53-49-21-13-11-19-45(49)47-33-37(23-25-51(47)53)41-30-42(38-24-26-52-48(34-38)46-20-12-14-22-50(46)54(52)4-2)32-44(31-41)43-28-39(35-15-7-5-8-16-35)27-40(29-43)36-17-9-6-10-18-36;1-5-13-41-33(9-1)34-10-2-6-14-42(34)49(41)32-20-24-48-40(28-32)38-26-30(18-22-46(38)52-48)29-17-21-44-37(25-29)35-11-3-7-15-43(35)50(44)31-19-23-47-39(27-31)36-12-4-8-16-45(36)51-47;1-3-41-37-16-10-8-14-33(37)35-25-28(18-20-39(35)41)31-22-30(27-12-6-5-7-13-27)23-32(24-31)29-19-21-40-36(26-29)34-15-9-11-17-38(34)42(40)4-2/h5-34H,3-4H2,1-2H3;1-28H;5-26H,3-4H2,1-2H3. The zero-order valence-electron chi connectivity index (χ0n) is 82.5. The van der Waals surface area contributed by atoms with Crippen LogP contribution < -0.4 is 0 Å². The minimum atomic E-state index is 0.887. The molecule has 0 aliphatic heterocycles. The molecule has 0 unspecified atom stereocenters. The van der Waals surface area contributed by atoms with Gasteiger partial charge in [0.05, 0.1) is 22.1 Å². The molecule has 8 nitrogen and oxygen atoms in total. The lowest BCUT2D eigenvalue weighted by Crippen LogP contribution is -1.93. The SMILES string of the molecule is CCn1c2ccccc2c2cc(-c3cc(-c4cc(-c5ccccc5)cc(-c5ccccc5)c4)cc(-c4ccc5c(c4)c4ccccc4n5CC)c3)ccc21.CCn1c2ccccc2c2cc(-c3cc(-c4ccccc4)cc(-c4ccc5c(c4)c4ccccc4n5CC)c3)ccc21.c1ccc2c(c1)oc1ccc(-n3c4ccccc4c4cc(-c5ccc6oc7ccc(-n8c9ccccc9c9ccccc98)cc7c6c5)ccc43)cc12. The van der Waals surface area contributed by atoms with Gasteiger partial charge in [-0.15, -0.1) is 0 Å². The van der Waals surface area contributed by atoms with Gasteiger partial charge in [0.2, 0.25) is 0 Å². The van der Waals surface area contributed by atoms with Crippen molar-refractivity contribution in [2.75, 3.05) is 0 Å². The molecule has 148 heavy (non-hydrogen) atoms. The molecule has 0 spiro atoms. The number of furan rings is 2. The Labute approximate surface area is 855 Å². The van der Waals surface area contributed by atoms with E-state index in [1.54, 1.807) is 0 Å². The quantitative estimate of drug-likeness (QED) is 0.103. The van der Waals surface area contributed by atoms with Crippen molar-refractivity contribution in [1.82, 2.24) is 27.4 Å². The van der Waals surface area contributed by atoms with E-state index >= 15 is 0 Å². The summed E-state index contributed by atoms with van der Waals surface area (Å²) in [5.41, 5.74) is 42.7. The zero-order valence-corrected chi connectivity index (χ0v) is 82.5. The fraction of sp³-hybridized carbons (Fsp3) is 0.0571. The molecule has 0 bridgehead atoms. The molecule has 0 aliphatic carbocycles. The van der Waals surface area contributed by atoms with E-state index in [-0.39, 0.29) is 0 Å². The third-order valence-corrected chi connectivity index (χ3v) is 31.1. The molecule has 0 saturated heterocycles. The molecule has 0 N–H and O–H groups in total. The molecule has 0 saturated carbocycles. The number of benzene rings is 22. The third kappa shape index (κ3) is 14.6. The summed E-state index contributed by atoms with van der Waals surface area (Å²) in [5, 5.41) is 19.9. The molecule has 0 fully saturated rings. The summed E-state index contributed by atoms with van der Waals surface area (Å²) in [4.78, 5) is 0. The molecule has 0 aliphatic rings. The minimum absolute atomic E-state index is 0.887. The van der Waals surface area contributed by atoms with E-state index < -0.39 is 0 Å². The zero-order chi connectivity index (χ0) is 98.3. The van der Waals surface area contributed by atoms with E-state index in [0.29, 0.717) is 0 Å². The molecule has 8 heterocycles. The minimum Gasteiger partial charge on any atom is -0.456 e. The van der Waals surface area contributed by atoms with Crippen molar-refractivity contribution in [3.8, 4) is 112 Å². The van der Waals surface area contributed by atoms with Gasteiger partial charge in [0, 0.05) is 168 Å². The van der Waals surface area contributed by atoms with E-state index in [0.717, 1.165) is 87.0 Å². The first-order valence-corrected chi connectivity index (χ1v) is 51.7. The summed E-state index contributed by atoms with van der Waals surface area (Å²) in [7, 11) is 0. The van der Waals surface area contributed by atoms with Crippen molar-refractivity contribution < 1.29 is 8.83 Å². The van der Waals surface area contributed by atoms with Crippen LogP contribution in [0.5, 0.6) is 0 Å². The van der Waals surface area contributed by atoms with Gasteiger partial charge in [0.25, 0.3) is 0 Å². The number of para-hydroxylation sites is 8. The average Bonchev–Trinajstić information content (AvgIpc) is 1.58. The summed E-state index contributed by atoms with van der Waals surface area (Å²) < 4.78 is 27.0. The van der Waals surface area contributed by atoms with Gasteiger partial charge in [-0.1, -0.05) is 273 Å².